The second kappa shape index (κ2) is 2.96. The van der Waals surface area contributed by atoms with Crippen molar-refractivity contribution in [1.82, 2.24) is 0 Å². The first-order valence-corrected chi connectivity index (χ1v) is 5.60. The van der Waals surface area contributed by atoms with Crippen LogP contribution in [-0.2, 0) is 64.8 Å². The first-order chi connectivity index (χ1) is 3.24. The van der Waals surface area contributed by atoms with Gasteiger partial charge in [0.25, 0.3) is 0 Å². The summed E-state index contributed by atoms with van der Waals surface area (Å²) in [7, 11) is 0. The molecule has 0 radical (unpaired) electrons. The standard InChI is InChI=1S/6O.Ti.Y. The Hall–Kier alpha value is 0.618. The molecular weight excluding hydrogens is 233 g/mol. The SMILES string of the molecule is [O]=[Ti](=[O])(=[O])(=[O])=[O].[O]=[Y]. The quantitative estimate of drug-likeness (QED) is 0.511. The Balaban J connectivity index is 0. The van der Waals surface area contributed by atoms with Gasteiger partial charge in [-0.15, -0.1) is 0 Å². The molecule has 0 N–H and O–H groups in total. The van der Waals surface area contributed by atoms with Gasteiger partial charge in [0, 0.05) is 0 Å². The maximum absolute atomic E-state index is 8.65. The maximum atomic E-state index is 8.65. The molecule has 0 aromatic carbocycles. The molecule has 0 aromatic heterocycles. The molecule has 0 aliphatic rings. The summed E-state index contributed by atoms with van der Waals surface area (Å²) < 4.78 is 51.6. The molecule has 6 nitrogen and oxygen atoms in total. The van der Waals surface area contributed by atoms with Gasteiger partial charge in [-0.05, 0) is 0 Å². The summed E-state index contributed by atoms with van der Waals surface area (Å²) in [5.41, 5.74) is 0. The molecular formula is O6TiY. The molecule has 0 aliphatic heterocycles. The van der Waals surface area contributed by atoms with Crippen LogP contribution in [0.1, 0.15) is 0 Å². The van der Waals surface area contributed by atoms with E-state index in [-0.39, 0.29) is 31.0 Å². The van der Waals surface area contributed by atoms with Crippen LogP contribution < -0.4 is 0 Å². The molecule has 0 aliphatic carbocycles. The van der Waals surface area contributed by atoms with E-state index in [0.717, 1.165) is 0 Å². The minimum absolute atomic E-state index is 0.100. The van der Waals surface area contributed by atoms with Crippen LogP contribution in [0.4, 0.5) is 0 Å². The van der Waals surface area contributed by atoms with E-state index in [0.29, 0.717) is 0 Å². The van der Waals surface area contributed by atoms with Crippen molar-refractivity contribution < 1.29 is 64.8 Å². The Morgan fingerprint density at radius 3 is 0.750 bits per heavy atom. The van der Waals surface area contributed by atoms with E-state index < -0.39 is 15.2 Å². The second-order valence-electron chi connectivity index (χ2n) is 0.833. The summed E-state index contributed by atoms with van der Waals surface area (Å²) in [4.78, 5) is 0. The van der Waals surface area contributed by atoms with E-state index in [1.807, 2.05) is 0 Å². The fourth-order valence-corrected chi connectivity index (χ4v) is 0. The molecule has 0 unspecified atom stereocenters. The zero-order chi connectivity index (χ0) is 7.45. The molecule has 0 spiro atoms. The van der Waals surface area contributed by atoms with E-state index in [1.165, 1.54) is 0 Å². The molecule has 8 heavy (non-hydrogen) atoms. The zero-order valence-electron chi connectivity index (χ0n) is 3.53. The molecule has 0 aromatic rings. The van der Waals surface area contributed by atoms with E-state index in [1.54, 1.807) is 0 Å². The van der Waals surface area contributed by atoms with Crippen molar-refractivity contribution in [2.24, 2.45) is 0 Å². The van der Waals surface area contributed by atoms with Crippen molar-refractivity contribution >= 4 is 0 Å². The van der Waals surface area contributed by atoms with Crippen LogP contribution in [0.25, 0.3) is 0 Å². The average molecular weight is 233 g/mol. The van der Waals surface area contributed by atoms with Crippen LogP contribution in [0.2, 0.25) is 0 Å². The summed E-state index contributed by atoms with van der Waals surface area (Å²) in [5, 5.41) is 0. The third-order valence-corrected chi connectivity index (χ3v) is 0. The molecule has 0 heterocycles. The predicted molar refractivity (Wildman–Crippen MR) is 4.12 cm³/mol. The van der Waals surface area contributed by atoms with Gasteiger partial charge in [-0.1, -0.05) is 0 Å². The number of hydrogen-bond donors (Lipinski definition) is 0. The molecule has 0 saturated carbocycles. The van der Waals surface area contributed by atoms with Crippen molar-refractivity contribution in [2.75, 3.05) is 0 Å². The van der Waals surface area contributed by atoms with Gasteiger partial charge in [-0.2, -0.15) is 0 Å². The van der Waals surface area contributed by atoms with Gasteiger partial charge in [0.15, 0.2) is 0 Å². The van der Waals surface area contributed by atoms with Gasteiger partial charge in [-0.3, -0.25) is 0 Å². The molecule has 0 amide bonds. The molecule has 0 rings (SSSR count). The Morgan fingerprint density at radius 1 is 0.750 bits per heavy atom. The topological polar surface area (TPSA) is 102 Å². The molecule has 8 heteroatoms. The van der Waals surface area contributed by atoms with Gasteiger partial charge in [0.1, 0.15) is 0 Å². The molecule has 0 saturated heterocycles. The van der Waals surface area contributed by atoms with Gasteiger partial charge >= 0.3 is 64.8 Å². The van der Waals surface area contributed by atoms with Crippen LogP contribution >= 0.6 is 0 Å². The average Bonchev–Trinajstić information content (AvgIpc) is 1.33. The van der Waals surface area contributed by atoms with Crippen LogP contribution in [0.3, 0.4) is 0 Å². The Morgan fingerprint density at radius 2 is 0.750 bits per heavy atom. The summed E-state index contributed by atoms with van der Waals surface area (Å²) in [6.45, 7) is 0. The fraction of sp³-hybridized carbons (Fsp3) is 0. The van der Waals surface area contributed by atoms with E-state index in [2.05, 4.69) is 0 Å². The Kier molecular flexibility index (Phi) is 4.22. The van der Waals surface area contributed by atoms with Crippen molar-refractivity contribution in [3.8, 4) is 0 Å². The van der Waals surface area contributed by atoms with Crippen LogP contribution in [-0.4, -0.2) is 0 Å². The monoisotopic (exact) mass is 233 g/mol. The molecule has 0 atom stereocenters. The van der Waals surface area contributed by atoms with Gasteiger partial charge in [0.2, 0.25) is 0 Å². The summed E-state index contributed by atoms with van der Waals surface area (Å²) in [6.07, 6.45) is 0. The summed E-state index contributed by atoms with van der Waals surface area (Å²) >= 11 is -7.75. The van der Waals surface area contributed by atoms with E-state index in [4.69, 9.17) is 18.7 Å². The van der Waals surface area contributed by atoms with Crippen molar-refractivity contribution in [3.05, 3.63) is 0 Å². The van der Waals surface area contributed by atoms with Gasteiger partial charge < -0.3 is 0 Å². The molecule has 0 fully saturated rings. The van der Waals surface area contributed by atoms with Gasteiger partial charge in [0.05, 0.1) is 0 Å². The van der Waals surface area contributed by atoms with Crippen molar-refractivity contribution in [1.29, 1.82) is 0 Å². The summed E-state index contributed by atoms with van der Waals surface area (Å²) in [6, 6.07) is 0. The predicted octanol–water partition coefficient (Wildman–Crippen LogP) is -0.718. The van der Waals surface area contributed by atoms with Crippen LogP contribution in [0.15, 0.2) is 0 Å². The van der Waals surface area contributed by atoms with Gasteiger partial charge in [-0.25, -0.2) is 0 Å². The second-order valence-corrected chi connectivity index (χ2v) is 3.44. The third-order valence-electron chi connectivity index (χ3n) is 0. The molecule has 43 valence electrons. The molecule has 0 bridgehead atoms. The van der Waals surface area contributed by atoms with Crippen molar-refractivity contribution in [2.45, 2.75) is 0 Å². The van der Waals surface area contributed by atoms with E-state index in [9.17, 15) is 0 Å². The number of hydrogen-bond acceptors (Lipinski definition) is 6. The zero-order valence-corrected chi connectivity index (χ0v) is 7.93. The van der Waals surface area contributed by atoms with Crippen LogP contribution in [0.5, 0.6) is 0 Å². The third kappa shape index (κ3) is 547. The summed E-state index contributed by atoms with van der Waals surface area (Å²) in [5.74, 6) is 0. The van der Waals surface area contributed by atoms with Crippen LogP contribution in [0, 0.1) is 0 Å². The first-order valence-electron chi connectivity index (χ1n) is 1.26. The minimum atomic E-state index is -7.85. The fourth-order valence-electron chi connectivity index (χ4n) is 0. The Bertz CT molecular complexity index is 292. The number of rotatable bonds is 0. The van der Waals surface area contributed by atoms with Crippen molar-refractivity contribution in [3.63, 3.8) is 0 Å². The Labute approximate surface area is 64.2 Å². The first kappa shape index (κ1) is 11.4. The van der Waals surface area contributed by atoms with E-state index >= 15 is 0 Å². The normalized spacial score (nSPS) is 5.12.